The SMILES string of the molecule is C=CCOC1(C2CCC(/C=C/C)CC2)CCC(CC(F)c2cccc3ccccc23)CC1. The maximum atomic E-state index is 15.5. The highest BCUT2D eigenvalue weighted by Crippen LogP contribution is 2.48. The van der Waals surface area contributed by atoms with Crippen LogP contribution < -0.4 is 0 Å². The number of benzene rings is 2. The highest BCUT2D eigenvalue weighted by molar-refractivity contribution is 5.85. The molecule has 0 spiro atoms. The number of hydrogen-bond acceptors (Lipinski definition) is 1. The predicted octanol–water partition coefficient (Wildman–Crippen LogP) is 8.75. The number of alkyl halides is 1. The zero-order chi connectivity index (χ0) is 22.4. The van der Waals surface area contributed by atoms with E-state index < -0.39 is 6.17 Å². The van der Waals surface area contributed by atoms with Gasteiger partial charge in [0.05, 0.1) is 12.2 Å². The first-order valence-electron chi connectivity index (χ1n) is 12.6. The van der Waals surface area contributed by atoms with Crippen molar-refractivity contribution in [3.63, 3.8) is 0 Å². The van der Waals surface area contributed by atoms with Crippen LogP contribution in [0.3, 0.4) is 0 Å². The molecule has 0 radical (unpaired) electrons. The third-order valence-corrected chi connectivity index (χ3v) is 8.12. The lowest BCUT2D eigenvalue weighted by Crippen LogP contribution is -2.45. The van der Waals surface area contributed by atoms with Gasteiger partial charge in [-0.2, -0.15) is 0 Å². The molecule has 1 atom stereocenters. The van der Waals surface area contributed by atoms with Crippen LogP contribution in [0.1, 0.15) is 76.4 Å². The first-order chi connectivity index (χ1) is 15.6. The Morgan fingerprint density at radius 1 is 1.03 bits per heavy atom. The summed E-state index contributed by atoms with van der Waals surface area (Å²) in [5.74, 6) is 1.80. The fourth-order valence-corrected chi connectivity index (χ4v) is 6.35. The normalized spacial score (nSPS) is 29.9. The van der Waals surface area contributed by atoms with E-state index in [1.807, 2.05) is 30.3 Å². The van der Waals surface area contributed by atoms with Gasteiger partial charge in [-0.3, -0.25) is 0 Å². The minimum absolute atomic E-state index is 0.0309. The molecule has 2 aromatic rings. The Balaban J connectivity index is 1.39. The zero-order valence-corrected chi connectivity index (χ0v) is 19.6. The van der Waals surface area contributed by atoms with Gasteiger partial charge in [-0.25, -0.2) is 4.39 Å². The molecule has 172 valence electrons. The topological polar surface area (TPSA) is 9.23 Å². The van der Waals surface area contributed by atoms with Crippen molar-refractivity contribution in [1.29, 1.82) is 0 Å². The summed E-state index contributed by atoms with van der Waals surface area (Å²) in [4.78, 5) is 0. The van der Waals surface area contributed by atoms with Gasteiger partial charge in [0.15, 0.2) is 0 Å². The van der Waals surface area contributed by atoms with Gasteiger partial charge in [0, 0.05) is 0 Å². The monoisotopic (exact) mass is 434 g/mol. The van der Waals surface area contributed by atoms with Gasteiger partial charge in [-0.05, 0) is 98.8 Å². The Morgan fingerprint density at radius 3 is 2.47 bits per heavy atom. The Morgan fingerprint density at radius 2 is 1.75 bits per heavy atom. The van der Waals surface area contributed by atoms with Gasteiger partial charge in [0.1, 0.15) is 6.17 Å². The Bertz CT molecular complexity index is 895. The Kier molecular flexibility index (Phi) is 7.84. The lowest BCUT2D eigenvalue weighted by Gasteiger charge is -2.47. The van der Waals surface area contributed by atoms with Crippen molar-refractivity contribution in [3.8, 4) is 0 Å². The number of hydrogen-bond donors (Lipinski definition) is 0. The molecule has 2 aromatic carbocycles. The van der Waals surface area contributed by atoms with Crippen LogP contribution >= 0.6 is 0 Å². The van der Waals surface area contributed by atoms with E-state index in [4.69, 9.17) is 4.74 Å². The van der Waals surface area contributed by atoms with Crippen LogP contribution in [-0.2, 0) is 4.74 Å². The van der Waals surface area contributed by atoms with Crippen LogP contribution in [0.25, 0.3) is 10.8 Å². The summed E-state index contributed by atoms with van der Waals surface area (Å²) < 4.78 is 22.0. The van der Waals surface area contributed by atoms with Crippen molar-refractivity contribution < 1.29 is 9.13 Å². The molecule has 2 aliphatic carbocycles. The average Bonchev–Trinajstić information content (AvgIpc) is 2.84. The molecule has 0 bridgehead atoms. The zero-order valence-electron chi connectivity index (χ0n) is 19.6. The Labute approximate surface area is 193 Å². The van der Waals surface area contributed by atoms with Crippen molar-refractivity contribution in [2.75, 3.05) is 6.61 Å². The molecule has 2 heteroatoms. The molecule has 1 nitrogen and oxygen atoms in total. The predicted molar refractivity (Wildman–Crippen MR) is 134 cm³/mol. The quantitative estimate of drug-likeness (QED) is 0.377. The first kappa shape index (κ1) is 23.2. The van der Waals surface area contributed by atoms with E-state index in [1.165, 1.54) is 25.7 Å². The molecule has 32 heavy (non-hydrogen) atoms. The van der Waals surface area contributed by atoms with Crippen LogP contribution in [0.5, 0.6) is 0 Å². The standard InChI is InChI=1S/C30H39FO/c1-3-8-23-13-15-26(16-14-23)30(32-21-4-2)19-17-24(18-20-30)22-29(31)28-12-7-10-25-9-5-6-11-27(25)28/h3-12,23-24,26,29H,2,13-22H2,1H3/b8-3+. The molecule has 0 heterocycles. The summed E-state index contributed by atoms with van der Waals surface area (Å²) in [6.45, 7) is 6.64. The summed E-state index contributed by atoms with van der Waals surface area (Å²) in [6.07, 6.45) is 15.5. The van der Waals surface area contributed by atoms with Gasteiger partial charge < -0.3 is 4.74 Å². The molecule has 0 amide bonds. The molecule has 0 saturated heterocycles. The van der Waals surface area contributed by atoms with Gasteiger partial charge in [0.25, 0.3) is 0 Å². The molecule has 0 aliphatic heterocycles. The number of fused-ring (bicyclic) bond motifs is 1. The Hall–Kier alpha value is -1.93. The van der Waals surface area contributed by atoms with E-state index in [1.54, 1.807) is 0 Å². The van der Waals surface area contributed by atoms with Gasteiger partial charge in [0.2, 0.25) is 0 Å². The lowest BCUT2D eigenvalue weighted by atomic mass is 9.65. The van der Waals surface area contributed by atoms with Gasteiger partial charge >= 0.3 is 0 Å². The summed E-state index contributed by atoms with van der Waals surface area (Å²) in [7, 11) is 0. The number of allylic oxidation sites excluding steroid dienone is 2. The molecule has 1 unspecified atom stereocenters. The van der Waals surface area contributed by atoms with Gasteiger partial charge in [-0.15, -0.1) is 6.58 Å². The molecule has 2 saturated carbocycles. The summed E-state index contributed by atoms with van der Waals surface area (Å²) in [6, 6.07) is 14.2. The second-order valence-electron chi connectivity index (χ2n) is 10.0. The van der Waals surface area contributed by atoms with Crippen molar-refractivity contribution in [2.45, 2.75) is 76.5 Å². The van der Waals surface area contributed by atoms with Crippen LogP contribution in [0.15, 0.2) is 67.3 Å². The van der Waals surface area contributed by atoms with Crippen LogP contribution in [0.4, 0.5) is 4.39 Å². The molecule has 4 rings (SSSR count). The molecule has 0 aromatic heterocycles. The van der Waals surface area contributed by atoms with E-state index in [9.17, 15) is 0 Å². The fourth-order valence-electron chi connectivity index (χ4n) is 6.35. The van der Waals surface area contributed by atoms with E-state index in [0.29, 0.717) is 24.9 Å². The molecule has 2 fully saturated rings. The fraction of sp³-hybridized carbons (Fsp3) is 0.533. The van der Waals surface area contributed by atoms with Crippen LogP contribution in [0, 0.1) is 17.8 Å². The van der Waals surface area contributed by atoms with Crippen molar-refractivity contribution in [2.24, 2.45) is 17.8 Å². The van der Waals surface area contributed by atoms with Crippen LogP contribution in [-0.4, -0.2) is 12.2 Å². The molecule has 2 aliphatic rings. The van der Waals surface area contributed by atoms with Gasteiger partial charge in [-0.1, -0.05) is 60.7 Å². The maximum absolute atomic E-state index is 15.5. The van der Waals surface area contributed by atoms with E-state index >= 15 is 4.39 Å². The second-order valence-corrected chi connectivity index (χ2v) is 10.0. The number of rotatable bonds is 8. The summed E-state index contributed by atoms with van der Waals surface area (Å²) >= 11 is 0. The molecular weight excluding hydrogens is 395 g/mol. The van der Waals surface area contributed by atoms with Crippen molar-refractivity contribution >= 4 is 10.8 Å². The number of halogens is 1. The van der Waals surface area contributed by atoms with E-state index in [0.717, 1.165) is 47.9 Å². The molecular formula is C30H39FO. The summed E-state index contributed by atoms with van der Waals surface area (Å²) in [5, 5.41) is 2.18. The van der Waals surface area contributed by atoms with Crippen LogP contribution in [0.2, 0.25) is 0 Å². The largest absolute Gasteiger partial charge is 0.371 e. The lowest BCUT2D eigenvalue weighted by molar-refractivity contribution is -0.118. The highest BCUT2D eigenvalue weighted by Gasteiger charge is 2.44. The third kappa shape index (κ3) is 5.17. The first-order valence-corrected chi connectivity index (χ1v) is 12.6. The highest BCUT2D eigenvalue weighted by atomic mass is 19.1. The smallest absolute Gasteiger partial charge is 0.126 e. The number of ether oxygens (including phenoxy) is 1. The minimum Gasteiger partial charge on any atom is -0.371 e. The average molecular weight is 435 g/mol. The van der Waals surface area contributed by atoms with Crippen molar-refractivity contribution in [3.05, 3.63) is 72.8 Å². The third-order valence-electron chi connectivity index (χ3n) is 8.12. The maximum Gasteiger partial charge on any atom is 0.126 e. The molecule has 0 N–H and O–H groups in total. The van der Waals surface area contributed by atoms with E-state index in [-0.39, 0.29) is 5.60 Å². The summed E-state index contributed by atoms with van der Waals surface area (Å²) in [5.41, 5.74) is 0.821. The van der Waals surface area contributed by atoms with E-state index in [2.05, 4.69) is 43.9 Å². The van der Waals surface area contributed by atoms with Crippen molar-refractivity contribution in [1.82, 2.24) is 0 Å². The second kappa shape index (κ2) is 10.8. The minimum atomic E-state index is -0.899.